The Hall–Kier alpha value is -2.17. The van der Waals surface area contributed by atoms with Gasteiger partial charge in [0.1, 0.15) is 5.78 Å². The van der Waals surface area contributed by atoms with Gasteiger partial charge in [0.25, 0.3) is 5.69 Å². The molecule has 1 atom stereocenters. The highest BCUT2D eigenvalue weighted by Gasteiger charge is 2.23. The number of benzene rings is 1. The van der Waals surface area contributed by atoms with Gasteiger partial charge in [-0.3, -0.25) is 14.9 Å². The molecule has 0 radical (unpaired) electrons. The highest BCUT2D eigenvalue weighted by atomic mass is 16.6. The molecule has 1 unspecified atom stereocenters. The zero-order valence-corrected chi connectivity index (χ0v) is 10.4. The number of nitrogens with zero attached hydrogens (tertiary/aromatic N) is 2. The predicted molar refractivity (Wildman–Crippen MR) is 71.1 cm³/mol. The van der Waals surface area contributed by atoms with Crippen LogP contribution >= 0.6 is 0 Å². The lowest BCUT2D eigenvalue weighted by atomic mass is 9.94. The maximum absolute atomic E-state index is 11.6. The summed E-state index contributed by atoms with van der Waals surface area (Å²) in [7, 11) is 0. The summed E-state index contributed by atoms with van der Waals surface area (Å²) in [6.07, 6.45) is 4.92. The molecule has 5 nitrogen and oxygen atoms in total. The summed E-state index contributed by atoms with van der Waals surface area (Å²) in [5.74, 6) is 0.281. The molecule has 0 bridgehead atoms. The molecule has 1 fully saturated rings. The monoisotopic (exact) mass is 258 g/mol. The van der Waals surface area contributed by atoms with Crippen molar-refractivity contribution < 1.29 is 9.72 Å². The van der Waals surface area contributed by atoms with Gasteiger partial charge in [0, 0.05) is 31.1 Å². The molecule has 2 aromatic rings. The van der Waals surface area contributed by atoms with E-state index in [9.17, 15) is 14.9 Å². The van der Waals surface area contributed by atoms with Gasteiger partial charge in [-0.2, -0.15) is 0 Å². The van der Waals surface area contributed by atoms with Gasteiger partial charge in [0.15, 0.2) is 0 Å². The Morgan fingerprint density at radius 2 is 2.16 bits per heavy atom. The average Bonchev–Trinajstić information content (AvgIpc) is 2.82. The third-order valence-electron chi connectivity index (χ3n) is 3.79. The Labute approximate surface area is 110 Å². The molecule has 0 saturated heterocycles. The van der Waals surface area contributed by atoms with Gasteiger partial charge in [-0.15, -0.1) is 0 Å². The molecule has 3 rings (SSSR count). The molecule has 0 N–H and O–H groups in total. The lowest BCUT2D eigenvalue weighted by Crippen LogP contribution is -2.18. The standard InChI is InChI=1S/C14H14N2O3/c17-11-4-1-3-10(9-11)15-8-7-12-13(15)5-2-6-14(12)16(18)19/h2,5-8,10H,1,3-4,9H2. The number of carbonyl (C=O) groups excluding carboxylic acids is 1. The number of carbonyl (C=O) groups is 1. The Morgan fingerprint density at radius 1 is 1.32 bits per heavy atom. The maximum Gasteiger partial charge on any atom is 0.278 e. The molecular weight excluding hydrogens is 244 g/mol. The van der Waals surface area contributed by atoms with Crippen molar-refractivity contribution in [1.82, 2.24) is 4.57 Å². The number of hydrogen-bond donors (Lipinski definition) is 0. The SMILES string of the molecule is O=C1CCCC(n2ccc3c([N+](=O)[O-])cccc32)C1. The molecule has 1 aromatic carbocycles. The summed E-state index contributed by atoms with van der Waals surface area (Å²) in [4.78, 5) is 22.2. The van der Waals surface area contributed by atoms with Crippen molar-refractivity contribution in [2.24, 2.45) is 0 Å². The van der Waals surface area contributed by atoms with Crippen molar-refractivity contribution in [1.29, 1.82) is 0 Å². The first-order valence-electron chi connectivity index (χ1n) is 6.42. The van der Waals surface area contributed by atoms with Crippen LogP contribution in [0.25, 0.3) is 10.9 Å². The first kappa shape index (κ1) is 11.9. The molecule has 1 saturated carbocycles. The minimum absolute atomic E-state index is 0.124. The zero-order chi connectivity index (χ0) is 13.4. The number of aromatic nitrogens is 1. The second kappa shape index (κ2) is 4.50. The molecule has 0 aliphatic heterocycles. The highest BCUT2D eigenvalue weighted by Crippen LogP contribution is 2.33. The quantitative estimate of drug-likeness (QED) is 0.613. The highest BCUT2D eigenvalue weighted by molar-refractivity contribution is 5.89. The average molecular weight is 258 g/mol. The number of nitro groups is 1. The van der Waals surface area contributed by atoms with Gasteiger partial charge in [0.2, 0.25) is 0 Å². The van der Waals surface area contributed by atoms with Crippen LogP contribution in [0.5, 0.6) is 0 Å². The summed E-state index contributed by atoms with van der Waals surface area (Å²) in [6, 6.07) is 7.00. The fourth-order valence-electron chi connectivity index (χ4n) is 2.89. The summed E-state index contributed by atoms with van der Waals surface area (Å²) in [6.45, 7) is 0. The number of fused-ring (bicyclic) bond motifs is 1. The molecule has 0 spiro atoms. The number of hydrogen-bond acceptors (Lipinski definition) is 3. The van der Waals surface area contributed by atoms with E-state index in [0.29, 0.717) is 18.2 Å². The summed E-state index contributed by atoms with van der Waals surface area (Å²) in [5.41, 5.74) is 0.965. The summed E-state index contributed by atoms with van der Waals surface area (Å²) < 4.78 is 2.01. The normalized spacial score (nSPS) is 19.8. The largest absolute Gasteiger partial charge is 0.344 e. The Bertz CT molecular complexity index is 660. The molecule has 1 aliphatic rings. The number of rotatable bonds is 2. The topological polar surface area (TPSA) is 65.1 Å². The third kappa shape index (κ3) is 2.01. The van der Waals surface area contributed by atoms with E-state index in [2.05, 4.69) is 0 Å². The van der Waals surface area contributed by atoms with Crippen LogP contribution in [0.1, 0.15) is 31.7 Å². The lowest BCUT2D eigenvalue weighted by molar-refractivity contribution is -0.383. The van der Waals surface area contributed by atoms with Crippen LogP contribution in [-0.4, -0.2) is 15.3 Å². The fraction of sp³-hybridized carbons (Fsp3) is 0.357. The smallest absolute Gasteiger partial charge is 0.278 e. The van der Waals surface area contributed by atoms with E-state index in [1.807, 2.05) is 16.8 Å². The first-order chi connectivity index (χ1) is 9.16. The van der Waals surface area contributed by atoms with E-state index >= 15 is 0 Å². The molecule has 0 amide bonds. The van der Waals surface area contributed by atoms with Crippen molar-refractivity contribution in [2.45, 2.75) is 31.7 Å². The molecule has 1 aliphatic carbocycles. The van der Waals surface area contributed by atoms with E-state index in [1.54, 1.807) is 12.1 Å². The first-order valence-corrected chi connectivity index (χ1v) is 6.42. The third-order valence-corrected chi connectivity index (χ3v) is 3.79. The second-order valence-corrected chi connectivity index (χ2v) is 4.98. The van der Waals surface area contributed by atoms with Gasteiger partial charge in [-0.25, -0.2) is 0 Å². The van der Waals surface area contributed by atoms with Crippen molar-refractivity contribution in [3.05, 3.63) is 40.6 Å². The number of ketones is 1. The Morgan fingerprint density at radius 3 is 2.89 bits per heavy atom. The van der Waals surface area contributed by atoms with Crippen LogP contribution in [0.15, 0.2) is 30.5 Å². The van der Waals surface area contributed by atoms with Gasteiger partial charge in [-0.1, -0.05) is 6.07 Å². The molecule has 19 heavy (non-hydrogen) atoms. The minimum atomic E-state index is -0.362. The van der Waals surface area contributed by atoms with Gasteiger partial charge in [-0.05, 0) is 25.0 Å². The number of nitro benzene ring substituents is 1. The molecule has 98 valence electrons. The second-order valence-electron chi connectivity index (χ2n) is 4.98. The Balaban J connectivity index is 2.08. The van der Waals surface area contributed by atoms with E-state index in [-0.39, 0.29) is 22.4 Å². The molecule has 1 aromatic heterocycles. The molecular formula is C14H14N2O3. The number of Topliss-reactive ketones (excluding diaryl/α,β-unsaturated/α-hetero) is 1. The van der Waals surface area contributed by atoms with E-state index in [4.69, 9.17) is 0 Å². The van der Waals surface area contributed by atoms with E-state index in [1.165, 1.54) is 6.07 Å². The summed E-state index contributed by atoms with van der Waals surface area (Å²) in [5, 5.41) is 11.6. The van der Waals surface area contributed by atoms with Gasteiger partial charge < -0.3 is 4.57 Å². The predicted octanol–water partition coefficient (Wildman–Crippen LogP) is 3.23. The van der Waals surface area contributed by atoms with Crippen molar-refractivity contribution in [3.8, 4) is 0 Å². The van der Waals surface area contributed by atoms with Crippen molar-refractivity contribution >= 4 is 22.4 Å². The van der Waals surface area contributed by atoms with Gasteiger partial charge >= 0.3 is 0 Å². The van der Waals surface area contributed by atoms with Crippen LogP contribution in [0.2, 0.25) is 0 Å². The number of non-ortho nitro benzene ring substituents is 1. The van der Waals surface area contributed by atoms with Crippen LogP contribution in [-0.2, 0) is 4.79 Å². The zero-order valence-electron chi connectivity index (χ0n) is 10.4. The van der Waals surface area contributed by atoms with Crippen LogP contribution in [0, 0.1) is 10.1 Å². The van der Waals surface area contributed by atoms with Crippen molar-refractivity contribution in [3.63, 3.8) is 0 Å². The summed E-state index contributed by atoms with van der Waals surface area (Å²) >= 11 is 0. The fourth-order valence-corrected chi connectivity index (χ4v) is 2.89. The van der Waals surface area contributed by atoms with Crippen LogP contribution in [0.3, 0.4) is 0 Å². The Kier molecular flexibility index (Phi) is 2.81. The minimum Gasteiger partial charge on any atom is -0.344 e. The van der Waals surface area contributed by atoms with Crippen molar-refractivity contribution in [2.75, 3.05) is 0 Å². The van der Waals surface area contributed by atoms with E-state index in [0.717, 1.165) is 18.4 Å². The molecule has 1 heterocycles. The van der Waals surface area contributed by atoms with Crippen LogP contribution < -0.4 is 0 Å². The molecule has 5 heteroatoms. The lowest BCUT2D eigenvalue weighted by Gasteiger charge is -2.23. The van der Waals surface area contributed by atoms with E-state index < -0.39 is 0 Å². The maximum atomic E-state index is 11.6. The van der Waals surface area contributed by atoms with Gasteiger partial charge in [0.05, 0.1) is 15.8 Å². The van der Waals surface area contributed by atoms with Crippen LogP contribution in [0.4, 0.5) is 5.69 Å².